The molecule has 1 N–H and O–H groups in total. The molecule has 0 saturated carbocycles. The highest BCUT2D eigenvalue weighted by molar-refractivity contribution is 5.95. The number of carbonyl (C=O) groups excluding carboxylic acids is 1. The average molecular weight is 487 g/mol. The summed E-state index contributed by atoms with van der Waals surface area (Å²) in [6, 6.07) is 12.0. The number of nitrogens with zero attached hydrogens (tertiary/aromatic N) is 2. The van der Waals surface area contributed by atoms with Crippen LogP contribution in [0.4, 0.5) is 8.78 Å². The standard InChI is InChI=1S/C28H36F2N2O3/c1-28(2,30)19-31-14-11-20(12-15-31)18-35-26-10-9-23(16-25(26)29)21-5-7-22(8-6-21)27(34)32-13-3-4-24(32)17-33/h5-10,16,20,24,33H,3-4,11-15,17-19H2,1-2H3/t24-/m0/s1. The molecule has 0 spiro atoms. The van der Waals surface area contributed by atoms with Crippen LogP contribution >= 0.6 is 0 Å². The number of hydrogen-bond acceptors (Lipinski definition) is 4. The zero-order valence-corrected chi connectivity index (χ0v) is 20.7. The maximum Gasteiger partial charge on any atom is 0.254 e. The summed E-state index contributed by atoms with van der Waals surface area (Å²) in [7, 11) is 0. The Labute approximate surface area is 206 Å². The second kappa shape index (κ2) is 11.0. The van der Waals surface area contributed by atoms with Crippen LogP contribution in [-0.4, -0.2) is 71.9 Å². The van der Waals surface area contributed by atoms with Gasteiger partial charge in [0.25, 0.3) is 5.91 Å². The van der Waals surface area contributed by atoms with E-state index in [4.69, 9.17) is 4.74 Å². The van der Waals surface area contributed by atoms with Gasteiger partial charge in [-0.05, 0) is 93.9 Å². The summed E-state index contributed by atoms with van der Waals surface area (Å²) in [5.74, 6) is 0.0699. The van der Waals surface area contributed by atoms with E-state index in [0.717, 1.165) is 44.3 Å². The third-order valence-corrected chi connectivity index (χ3v) is 7.03. The molecular formula is C28H36F2N2O3. The van der Waals surface area contributed by atoms with E-state index < -0.39 is 11.5 Å². The zero-order valence-electron chi connectivity index (χ0n) is 20.7. The fourth-order valence-electron chi connectivity index (χ4n) is 5.11. The smallest absolute Gasteiger partial charge is 0.254 e. The topological polar surface area (TPSA) is 53.0 Å². The molecule has 0 aromatic heterocycles. The van der Waals surface area contributed by atoms with Gasteiger partial charge in [0.05, 0.1) is 19.3 Å². The average Bonchev–Trinajstić information content (AvgIpc) is 3.32. The van der Waals surface area contributed by atoms with E-state index in [1.54, 1.807) is 36.9 Å². The molecule has 2 fully saturated rings. The Bertz CT molecular complexity index is 998. The van der Waals surface area contributed by atoms with Gasteiger partial charge in [0, 0.05) is 18.7 Å². The quantitative estimate of drug-likeness (QED) is 0.575. The lowest BCUT2D eigenvalue weighted by atomic mass is 9.97. The van der Waals surface area contributed by atoms with E-state index in [2.05, 4.69) is 4.90 Å². The molecule has 0 bridgehead atoms. The highest BCUT2D eigenvalue weighted by atomic mass is 19.1. The maximum atomic E-state index is 14.8. The van der Waals surface area contributed by atoms with Crippen LogP contribution in [0.2, 0.25) is 0 Å². The van der Waals surface area contributed by atoms with Crippen LogP contribution in [0.15, 0.2) is 42.5 Å². The number of piperidine rings is 1. The number of aliphatic hydroxyl groups is 1. The molecule has 35 heavy (non-hydrogen) atoms. The molecular weight excluding hydrogens is 450 g/mol. The van der Waals surface area contributed by atoms with Gasteiger partial charge < -0.3 is 19.6 Å². The minimum Gasteiger partial charge on any atom is -0.490 e. The van der Waals surface area contributed by atoms with E-state index >= 15 is 0 Å². The molecule has 1 amide bonds. The van der Waals surface area contributed by atoms with Crippen molar-refractivity contribution in [2.45, 2.75) is 51.2 Å². The molecule has 1 atom stereocenters. The van der Waals surface area contributed by atoms with Gasteiger partial charge in [-0.1, -0.05) is 18.2 Å². The molecule has 2 aliphatic heterocycles. The van der Waals surface area contributed by atoms with Crippen LogP contribution in [-0.2, 0) is 0 Å². The Morgan fingerprint density at radius 3 is 2.37 bits per heavy atom. The summed E-state index contributed by atoms with van der Waals surface area (Å²) in [5.41, 5.74) is 0.900. The molecule has 2 heterocycles. The summed E-state index contributed by atoms with van der Waals surface area (Å²) in [5, 5.41) is 9.48. The molecule has 0 radical (unpaired) electrons. The molecule has 2 aliphatic rings. The highest BCUT2D eigenvalue weighted by Gasteiger charge is 2.29. The number of alkyl halides is 1. The van der Waals surface area contributed by atoms with Gasteiger partial charge in [-0.25, -0.2) is 8.78 Å². The number of rotatable bonds is 8. The van der Waals surface area contributed by atoms with Crippen molar-refractivity contribution in [2.75, 3.05) is 39.4 Å². The first-order valence-electron chi connectivity index (χ1n) is 12.6. The molecule has 2 saturated heterocycles. The largest absolute Gasteiger partial charge is 0.490 e. The predicted octanol–water partition coefficient (Wildman–Crippen LogP) is 4.93. The fraction of sp³-hybridized carbons (Fsp3) is 0.536. The normalized spacial score (nSPS) is 19.8. The third kappa shape index (κ3) is 6.58. The lowest BCUT2D eigenvalue weighted by Gasteiger charge is -2.34. The van der Waals surface area contributed by atoms with Gasteiger partial charge in [-0.2, -0.15) is 0 Å². The molecule has 0 unspecified atom stereocenters. The lowest BCUT2D eigenvalue weighted by Crippen LogP contribution is -2.41. The van der Waals surface area contributed by atoms with E-state index in [-0.39, 0.29) is 24.3 Å². The monoisotopic (exact) mass is 486 g/mol. The van der Waals surface area contributed by atoms with E-state index in [1.807, 2.05) is 18.2 Å². The summed E-state index contributed by atoms with van der Waals surface area (Å²) in [6.07, 6.45) is 3.55. The summed E-state index contributed by atoms with van der Waals surface area (Å²) >= 11 is 0. The van der Waals surface area contributed by atoms with Crippen molar-refractivity contribution in [3.8, 4) is 16.9 Å². The summed E-state index contributed by atoms with van der Waals surface area (Å²) < 4.78 is 34.4. The van der Waals surface area contributed by atoms with Crippen molar-refractivity contribution in [3.05, 3.63) is 53.8 Å². The van der Waals surface area contributed by atoms with Gasteiger partial charge in [0.2, 0.25) is 0 Å². The Hall–Kier alpha value is -2.51. The predicted molar refractivity (Wildman–Crippen MR) is 133 cm³/mol. The maximum absolute atomic E-state index is 14.8. The van der Waals surface area contributed by atoms with Gasteiger partial charge in [0.15, 0.2) is 11.6 Å². The molecule has 190 valence electrons. The summed E-state index contributed by atoms with van der Waals surface area (Å²) in [6.45, 7) is 6.40. The zero-order chi connectivity index (χ0) is 25.0. The Kier molecular flexibility index (Phi) is 8.07. The number of ether oxygens (including phenoxy) is 1. The molecule has 0 aliphatic carbocycles. The van der Waals surface area contributed by atoms with Crippen molar-refractivity contribution in [3.63, 3.8) is 0 Å². The van der Waals surface area contributed by atoms with Crippen LogP contribution in [0.1, 0.15) is 49.9 Å². The van der Waals surface area contributed by atoms with Crippen molar-refractivity contribution < 1.29 is 23.4 Å². The Morgan fingerprint density at radius 2 is 1.74 bits per heavy atom. The fourth-order valence-corrected chi connectivity index (χ4v) is 5.11. The Balaban J connectivity index is 1.32. The van der Waals surface area contributed by atoms with Crippen molar-refractivity contribution >= 4 is 5.91 Å². The van der Waals surface area contributed by atoms with Crippen molar-refractivity contribution in [1.29, 1.82) is 0 Å². The Morgan fingerprint density at radius 1 is 1.06 bits per heavy atom. The number of likely N-dealkylation sites (tertiary alicyclic amines) is 2. The van der Waals surface area contributed by atoms with Crippen LogP contribution in [0.25, 0.3) is 11.1 Å². The third-order valence-electron chi connectivity index (χ3n) is 7.03. The number of aliphatic hydroxyl groups excluding tert-OH is 1. The van der Waals surface area contributed by atoms with Crippen LogP contribution in [0.5, 0.6) is 5.75 Å². The van der Waals surface area contributed by atoms with Gasteiger partial charge in [0.1, 0.15) is 5.67 Å². The van der Waals surface area contributed by atoms with E-state index in [0.29, 0.717) is 36.7 Å². The number of halogens is 2. The number of benzene rings is 2. The first-order chi connectivity index (χ1) is 16.7. The number of carbonyl (C=O) groups is 1. The first kappa shape index (κ1) is 25.6. The van der Waals surface area contributed by atoms with E-state index in [1.165, 1.54) is 6.07 Å². The molecule has 2 aromatic carbocycles. The van der Waals surface area contributed by atoms with Crippen LogP contribution < -0.4 is 4.74 Å². The second-order valence-electron chi connectivity index (χ2n) is 10.4. The molecule has 7 heteroatoms. The first-order valence-corrected chi connectivity index (χ1v) is 12.6. The number of amides is 1. The van der Waals surface area contributed by atoms with Crippen molar-refractivity contribution in [1.82, 2.24) is 9.80 Å². The minimum atomic E-state index is -1.19. The summed E-state index contributed by atoms with van der Waals surface area (Å²) in [4.78, 5) is 16.6. The van der Waals surface area contributed by atoms with E-state index in [9.17, 15) is 18.7 Å². The van der Waals surface area contributed by atoms with Gasteiger partial charge in [-0.3, -0.25) is 4.79 Å². The SMILES string of the molecule is CC(C)(F)CN1CCC(COc2ccc(-c3ccc(C(=O)N4CCC[C@H]4CO)cc3)cc2F)CC1. The number of hydrogen-bond donors (Lipinski definition) is 1. The van der Waals surface area contributed by atoms with Gasteiger partial charge in [-0.15, -0.1) is 0 Å². The molecule has 2 aromatic rings. The van der Waals surface area contributed by atoms with Gasteiger partial charge >= 0.3 is 0 Å². The molecule has 5 nitrogen and oxygen atoms in total. The van der Waals surface area contributed by atoms with Crippen LogP contribution in [0.3, 0.4) is 0 Å². The molecule has 4 rings (SSSR count). The van der Waals surface area contributed by atoms with Crippen molar-refractivity contribution in [2.24, 2.45) is 5.92 Å². The highest BCUT2D eigenvalue weighted by Crippen LogP contribution is 2.28. The minimum absolute atomic E-state index is 0.0196. The second-order valence-corrected chi connectivity index (χ2v) is 10.4. The lowest BCUT2D eigenvalue weighted by molar-refractivity contribution is 0.0677. The van der Waals surface area contributed by atoms with Crippen LogP contribution in [0, 0.1) is 11.7 Å².